The summed E-state index contributed by atoms with van der Waals surface area (Å²) in [6.45, 7) is 0.352. The van der Waals surface area contributed by atoms with Crippen molar-refractivity contribution in [3.8, 4) is 11.5 Å². The van der Waals surface area contributed by atoms with Crippen LogP contribution in [0.25, 0.3) is 6.08 Å². The molecule has 28 heavy (non-hydrogen) atoms. The maximum atomic E-state index is 12.6. The van der Waals surface area contributed by atoms with Crippen molar-refractivity contribution in [1.82, 2.24) is 0 Å². The van der Waals surface area contributed by atoms with Gasteiger partial charge in [0.05, 0.1) is 5.56 Å². The number of ketones is 1. The average molecular weight is 432 g/mol. The SMILES string of the molecule is O=C1/C(=C/c2c(Cl)cccc2Cl)Oc2cc(OCc3cccc(Cl)c3)ccc21. The zero-order valence-corrected chi connectivity index (χ0v) is 16.7. The molecule has 0 bridgehead atoms. The molecule has 0 amide bonds. The van der Waals surface area contributed by atoms with Gasteiger partial charge in [-0.15, -0.1) is 0 Å². The molecule has 6 heteroatoms. The summed E-state index contributed by atoms with van der Waals surface area (Å²) in [5.74, 6) is 0.955. The van der Waals surface area contributed by atoms with E-state index >= 15 is 0 Å². The van der Waals surface area contributed by atoms with E-state index in [0.717, 1.165) is 5.56 Å². The van der Waals surface area contributed by atoms with Crippen molar-refractivity contribution in [2.45, 2.75) is 6.61 Å². The lowest BCUT2D eigenvalue weighted by molar-refractivity contribution is 0.101. The van der Waals surface area contributed by atoms with E-state index < -0.39 is 0 Å². The van der Waals surface area contributed by atoms with Gasteiger partial charge in [0.25, 0.3) is 0 Å². The van der Waals surface area contributed by atoms with E-state index in [1.54, 1.807) is 48.5 Å². The van der Waals surface area contributed by atoms with Gasteiger partial charge in [0.15, 0.2) is 5.76 Å². The Labute approximate surface area is 177 Å². The van der Waals surface area contributed by atoms with Crippen molar-refractivity contribution in [2.75, 3.05) is 0 Å². The highest BCUT2D eigenvalue weighted by Gasteiger charge is 2.28. The first kappa shape index (κ1) is 18.9. The van der Waals surface area contributed by atoms with Gasteiger partial charge in [-0.25, -0.2) is 0 Å². The smallest absolute Gasteiger partial charge is 0.231 e. The zero-order chi connectivity index (χ0) is 19.7. The Balaban J connectivity index is 1.55. The number of carbonyl (C=O) groups is 1. The molecule has 0 saturated heterocycles. The molecule has 1 aliphatic rings. The first-order valence-corrected chi connectivity index (χ1v) is 9.54. The van der Waals surface area contributed by atoms with Crippen LogP contribution < -0.4 is 9.47 Å². The molecule has 1 heterocycles. The lowest BCUT2D eigenvalue weighted by Crippen LogP contribution is -1.98. The van der Waals surface area contributed by atoms with E-state index in [2.05, 4.69) is 0 Å². The highest BCUT2D eigenvalue weighted by atomic mass is 35.5. The van der Waals surface area contributed by atoms with Crippen LogP contribution in [0.15, 0.2) is 66.4 Å². The maximum Gasteiger partial charge on any atom is 0.231 e. The Kier molecular flexibility index (Phi) is 5.31. The maximum absolute atomic E-state index is 12.6. The molecule has 0 unspecified atom stereocenters. The second-order valence-electron chi connectivity index (χ2n) is 6.15. The first-order chi connectivity index (χ1) is 13.5. The molecule has 0 fully saturated rings. The molecule has 0 radical (unpaired) electrons. The van der Waals surface area contributed by atoms with Crippen LogP contribution in [-0.2, 0) is 6.61 Å². The van der Waals surface area contributed by atoms with Gasteiger partial charge in [-0.1, -0.05) is 53.0 Å². The van der Waals surface area contributed by atoms with E-state index in [1.165, 1.54) is 0 Å². The van der Waals surface area contributed by atoms with Crippen molar-refractivity contribution < 1.29 is 14.3 Å². The topological polar surface area (TPSA) is 35.5 Å². The van der Waals surface area contributed by atoms with Gasteiger partial charge < -0.3 is 9.47 Å². The molecule has 3 nitrogen and oxygen atoms in total. The predicted molar refractivity (Wildman–Crippen MR) is 112 cm³/mol. The summed E-state index contributed by atoms with van der Waals surface area (Å²) >= 11 is 18.3. The minimum atomic E-state index is -0.229. The average Bonchev–Trinajstić information content (AvgIpc) is 2.98. The molecule has 3 aromatic rings. The van der Waals surface area contributed by atoms with Gasteiger partial charge in [-0.2, -0.15) is 0 Å². The number of benzene rings is 3. The molecular formula is C22H13Cl3O3. The summed E-state index contributed by atoms with van der Waals surface area (Å²) in [7, 11) is 0. The van der Waals surface area contributed by atoms with E-state index in [1.807, 2.05) is 18.2 Å². The number of fused-ring (bicyclic) bond motifs is 1. The fourth-order valence-electron chi connectivity index (χ4n) is 2.83. The van der Waals surface area contributed by atoms with Crippen molar-refractivity contribution in [1.29, 1.82) is 0 Å². The molecule has 0 spiro atoms. The van der Waals surface area contributed by atoms with Crippen molar-refractivity contribution in [3.05, 3.63) is 98.2 Å². The van der Waals surface area contributed by atoms with Crippen molar-refractivity contribution in [3.63, 3.8) is 0 Å². The minimum absolute atomic E-state index is 0.164. The van der Waals surface area contributed by atoms with Crippen LogP contribution in [0, 0.1) is 0 Å². The monoisotopic (exact) mass is 430 g/mol. The molecule has 0 saturated carbocycles. The van der Waals surface area contributed by atoms with Gasteiger partial charge in [0.1, 0.15) is 18.1 Å². The largest absolute Gasteiger partial charge is 0.489 e. The number of allylic oxidation sites excluding steroid dienone is 1. The third kappa shape index (κ3) is 3.88. The summed E-state index contributed by atoms with van der Waals surface area (Å²) in [6, 6.07) is 17.7. The Hall–Kier alpha value is -2.46. The molecular weight excluding hydrogens is 419 g/mol. The van der Waals surface area contributed by atoms with Crippen molar-refractivity contribution in [2.24, 2.45) is 0 Å². The fourth-order valence-corrected chi connectivity index (χ4v) is 3.55. The molecule has 140 valence electrons. The Morgan fingerprint density at radius 3 is 2.43 bits per heavy atom. The van der Waals surface area contributed by atoms with Gasteiger partial charge in [-0.3, -0.25) is 4.79 Å². The highest BCUT2D eigenvalue weighted by molar-refractivity contribution is 6.37. The second-order valence-corrected chi connectivity index (χ2v) is 7.40. The molecule has 0 N–H and O–H groups in total. The van der Waals surface area contributed by atoms with E-state index in [-0.39, 0.29) is 11.5 Å². The number of carbonyl (C=O) groups excluding carboxylic acids is 1. The first-order valence-electron chi connectivity index (χ1n) is 8.41. The molecule has 0 aliphatic carbocycles. The van der Waals surface area contributed by atoms with Crippen LogP contribution in [0.1, 0.15) is 21.5 Å². The summed E-state index contributed by atoms with van der Waals surface area (Å²) in [4.78, 5) is 12.6. The molecule has 3 aromatic carbocycles. The Morgan fingerprint density at radius 1 is 0.929 bits per heavy atom. The van der Waals surface area contributed by atoms with Gasteiger partial charge in [-0.05, 0) is 48.0 Å². The lowest BCUT2D eigenvalue weighted by Gasteiger charge is -2.07. The number of hydrogen-bond acceptors (Lipinski definition) is 3. The second kappa shape index (κ2) is 7.88. The quantitative estimate of drug-likeness (QED) is 0.424. The standard InChI is InChI=1S/C22H13Cl3O3/c23-14-4-1-3-13(9-14)12-27-15-7-8-16-20(10-15)28-21(22(16)26)11-17-18(24)5-2-6-19(17)25/h1-11H,12H2/b21-11-. The number of halogens is 3. The van der Waals surface area contributed by atoms with Crippen LogP contribution >= 0.6 is 34.8 Å². The normalized spacial score (nSPS) is 14.1. The van der Waals surface area contributed by atoms with E-state index in [9.17, 15) is 4.79 Å². The summed E-state index contributed by atoms with van der Waals surface area (Å²) in [6.07, 6.45) is 1.56. The zero-order valence-electron chi connectivity index (χ0n) is 14.4. The van der Waals surface area contributed by atoms with Crippen LogP contribution in [-0.4, -0.2) is 5.78 Å². The van der Waals surface area contributed by atoms with Gasteiger partial charge >= 0.3 is 0 Å². The van der Waals surface area contributed by atoms with Gasteiger partial charge in [0.2, 0.25) is 5.78 Å². The highest BCUT2D eigenvalue weighted by Crippen LogP contribution is 2.36. The number of rotatable bonds is 4. The fraction of sp³-hybridized carbons (Fsp3) is 0.0455. The van der Waals surface area contributed by atoms with Crippen LogP contribution in [0.2, 0.25) is 15.1 Å². The number of ether oxygens (including phenoxy) is 2. The third-order valence-corrected chi connectivity index (χ3v) is 5.11. The predicted octanol–water partition coefficient (Wildman–Crippen LogP) is 6.84. The molecule has 1 aliphatic heterocycles. The van der Waals surface area contributed by atoms with Crippen LogP contribution in [0.5, 0.6) is 11.5 Å². The molecule has 4 rings (SSSR count). The Morgan fingerprint density at radius 2 is 1.68 bits per heavy atom. The Bertz CT molecular complexity index is 1090. The number of hydrogen-bond donors (Lipinski definition) is 0. The van der Waals surface area contributed by atoms with E-state index in [0.29, 0.717) is 44.3 Å². The third-order valence-electron chi connectivity index (χ3n) is 4.21. The van der Waals surface area contributed by atoms with Crippen molar-refractivity contribution >= 4 is 46.7 Å². The number of Topliss-reactive ketones (excluding diaryl/α,β-unsaturated/α-hetero) is 1. The molecule has 0 atom stereocenters. The summed E-state index contributed by atoms with van der Waals surface area (Å²) in [5.41, 5.74) is 1.95. The minimum Gasteiger partial charge on any atom is -0.489 e. The van der Waals surface area contributed by atoms with Gasteiger partial charge in [0, 0.05) is 26.7 Å². The van der Waals surface area contributed by atoms with Crippen LogP contribution in [0.4, 0.5) is 0 Å². The van der Waals surface area contributed by atoms with E-state index in [4.69, 9.17) is 44.3 Å². The molecule has 0 aromatic heterocycles. The summed E-state index contributed by atoms with van der Waals surface area (Å²) in [5, 5.41) is 1.53. The van der Waals surface area contributed by atoms with Crippen LogP contribution in [0.3, 0.4) is 0 Å². The lowest BCUT2D eigenvalue weighted by atomic mass is 10.1. The summed E-state index contributed by atoms with van der Waals surface area (Å²) < 4.78 is 11.5.